The van der Waals surface area contributed by atoms with E-state index in [1.807, 2.05) is 0 Å². The summed E-state index contributed by atoms with van der Waals surface area (Å²) in [7, 11) is -3.74. The van der Waals surface area contributed by atoms with Crippen LogP contribution in [0.4, 0.5) is 5.69 Å². The van der Waals surface area contributed by atoms with E-state index >= 15 is 0 Å². The highest BCUT2D eigenvalue weighted by Gasteiger charge is 2.29. The first-order valence-electron chi connectivity index (χ1n) is 6.57. The number of sulfonamides is 1. The van der Waals surface area contributed by atoms with Crippen molar-refractivity contribution in [2.75, 3.05) is 5.73 Å². The highest BCUT2D eigenvalue weighted by atomic mass is 35.5. The van der Waals surface area contributed by atoms with Gasteiger partial charge in [0.1, 0.15) is 0 Å². The van der Waals surface area contributed by atoms with Crippen LogP contribution in [-0.4, -0.2) is 25.7 Å². The number of hydrogen-bond acceptors (Lipinski definition) is 4. The van der Waals surface area contributed by atoms with Crippen molar-refractivity contribution in [2.45, 2.75) is 49.6 Å². The van der Waals surface area contributed by atoms with E-state index in [1.165, 1.54) is 12.1 Å². The molecular formula is C13H19ClN2O3S. The summed E-state index contributed by atoms with van der Waals surface area (Å²) in [5.41, 5.74) is 6.55. The number of nitrogens with one attached hydrogen (secondary N) is 1. The third-order valence-electron chi connectivity index (χ3n) is 3.69. The fraction of sp³-hybridized carbons (Fsp3) is 0.538. The molecule has 5 nitrogen and oxygen atoms in total. The summed E-state index contributed by atoms with van der Waals surface area (Å²) in [5, 5.41) is 10.2. The van der Waals surface area contributed by atoms with Gasteiger partial charge >= 0.3 is 0 Å². The van der Waals surface area contributed by atoms with Crippen molar-refractivity contribution in [3.63, 3.8) is 0 Å². The maximum absolute atomic E-state index is 12.4. The predicted molar refractivity (Wildman–Crippen MR) is 79.2 cm³/mol. The summed E-state index contributed by atoms with van der Waals surface area (Å²) in [6.07, 6.45) is 2.43. The molecule has 0 aliphatic heterocycles. The predicted octanol–water partition coefficient (Wildman–Crippen LogP) is 1.81. The first-order valence-corrected chi connectivity index (χ1v) is 8.43. The van der Waals surface area contributed by atoms with Gasteiger partial charge in [0.25, 0.3) is 0 Å². The number of nitrogen functional groups attached to an aromatic ring is 1. The number of benzene rings is 1. The Balaban J connectivity index is 2.31. The number of aliphatic hydroxyl groups excluding tert-OH is 1. The second kappa shape index (κ2) is 5.89. The van der Waals surface area contributed by atoms with E-state index in [9.17, 15) is 13.5 Å². The molecule has 112 valence electrons. The summed E-state index contributed by atoms with van der Waals surface area (Å²) < 4.78 is 27.4. The number of hydrogen-bond donors (Lipinski definition) is 3. The van der Waals surface area contributed by atoms with Gasteiger partial charge in [-0.2, -0.15) is 0 Å². The van der Waals surface area contributed by atoms with E-state index < -0.39 is 22.2 Å². The van der Waals surface area contributed by atoms with Crippen LogP contribution in [0.15, 0.2) is 17.0 Å². The van der Waals surface area contributed by atoms with Crippen LogP contribution in [0.3, 0.4) is 0 Å². The third kappa shape index (κ3) is 3.25. The quantitative estimate of drug-likeness (QED) is 0.741. The largest absolute Gasteiger partial charge is 0.398 e. The second-order valence-electron chi connectivity index (χ2n) is 5.20. The van der Waals surface area contributed by atoms with Crippen molar-refractivity contribution in [3.8, 4) is 0 Å². The molecule has 20 heavy (non-hydrogen) atoms. The van der Waals surface area contributed by atoms with Gasteiger partial charge in [0, 0.05) is 16.8 Å². The first-order chi connectivity index (χ1) is 9.31. The molecule has 0 bridgehead atoms. The molecule has 0 heterocycles. The molecule has 1 aromatic rings. The monoisotopic (exact) mass is 318 g/mol. The topological polar surface area (TPSA) is 92.4 Å². The molecule has 2 atom stereocenters. The van der Waals surface area contributed by atoms with Crippen molar-refractivity contribution in [1.82, 2.24) is 4.72 Å². The molecule has 4 N–H and O–H groups in total. The standard InChI is InChI=1S/C13H19ClN2O3S/c1-8-10(15)6-9(14)7-13(8)20(18,19)16-11-4-2-3-5-12(11)17/h6-7,11-12,16-17H,2-5,15H2,1H3/t11-,12-/m1/s1. The van der Waals surface area contributed by atoms with Crippen LogP contribution in [0.25, 0.3) is 0 Å². The van der Waals surface area contributed by atoms with E-state index in [1.54, 1.807) is 6.92 Å². The highest BCUT2D eigenvalue weighted by Crippen LogP contribution is 2.27. The van der Waals surface area contributed by atoms with Gasteiger partial charge in [-0.3, -0.25) is 0 Å². The van der Waals surface area contributed by atoms with E-state index in [4.69, 9.17) is 17.3 Å². The fourth-order valence-corrected chi connectivity index (χ4v) is 4.36. The summed E-state index contributed by atoms with van der Waals surface area (Å²) in [5.74, 6) is 0. The molecule has 0 aromatic heterocycles. The minimum absolute atomic E-state index is 0.0697. The Morgan fingerprint density at radius 2 is 2.00 bits per heavy atom. The molecule has 0 saturated heterocycles. The number of halogens is 1. The lowest BCUT2D eigenvalue weighted by Gasteiger charge is -2.28. The molecule has 0 spiro atoms. The maximum Gasteiger partial charge on any atom is 0.241 e. The molecule has 1 saturated carbocycles. The average molecular weight is 319 g/mol. The SMILES string of the molecule is Cc1c(N)cc(Cl)cc1S(=O)(=O)N[C@@H]1CCCC[C@H]1O. The lowest BCUT2D eigenvalue weighted by molar-refractivity contribution is 0.101. The van der Waals surface area contributed by atoms with Crippen LogP contribution in [0.1, 0.15) is 31.2 Å². The normalized spacial score (nSPS) is 23.8. The maximum atomic E-state index is 12.4. The Kier molecular flexibility index (Phi) is 4.59. The van der Waals surface area contributed by atoms with Crippen LogP contribution < -0.4 is 10.5 Å². The molecule has 0 radical (unpaired) electrons. The van der Waals surface area contributed by atoms with Crippen molar-refractivity contribution in [1.29, 1.82) is 0 Å². The third-order valence-corrected chi connectivity index (χ3v) is 5.52. The molecule has 2 rings (SSSR count). The molecule has 0 amide bonds. The van der Waals surface area contributed by atoms with Crippen LogP contribution in [0.2, 0.25) is 5.02 Å². The van der Waals surface area contributed by atoms with Gasteiger partial charge in [-0.15, -0.1) is 0 Å². The molecule has 1 aliphatic carbocycles. The van der Waals surface area contributed by atoms with E-state index in [-0.39, 0.29) is 9.92 Å². The molecule has 7 heteroatoms. The van der Waals surface area contributed by atoms with Gasteiger partial charge < -0.3 is 10.8 Å². The Morgan fingerprint density at radius 3 is 2.65 bits per heavy atom. The minimum atomic E-state index is -3.74. The summed E-state index contributed by atoms with van der Waals surface area (Å²) >= 11 is 5.88. The average Bonchev–Trinajstić information content (AvgIpc) is 2.36. The highest BCUT2D eigenvalue weighted by molar-refractivity contribution is 7.89. The zero-order chi connectivity index (χ0) is 14.9. The second-order valence-corrected chi connectivity index (χ2v) is 7.32. The van der Waals surface area contributed by atoms with Crippen LogP contribution in [0, 0.1) is 6.92 Å². The van der Waals surface area contributed by atoms with Gasteiger partial charge in [-0.1, -0.05) is 24.4 Å². The molecule has 0 unspecified atom stereocenters. The van der Waals surface area contributed by atoms with Crippen molar-refractivity contribution < 1.29 is 13.5 Å². The number of rotatable bonds is 3. The summed E-state index contributed by atoms with van der Waals surface area (Å²) in [6.45, 7) is 1.64. The molecular weight excluding hydrogens is 300 g/mol. The van der Waals surface area contributed by atoms with Gasteiger partial charge in [-0.25, -0.2) is 13.1 Å². The minimum Gasteiger partial charge on any atom is -0.398 e. The van der Waals surface area contributed by atoms with E-state index in [0.29, 0.717) is 24.1 Å². The van der Waals surface area contributed by atoms with Crippen LogP contribution in [-0.2, 0) is 10.0 Å². The molecule has 1 fully saturated rings. The van der Waals surface area contributed by atoms with Gasteiger partial charge in [0.2, 0.25) is 10.0 Å². The van der Waals surface area contributed by atoms with E-state index in [2.05, 4.69) is 4.72 Å². The van der Waals surface area contributed by atoms with Crippen molar-refractivity contribution in [3.05, 3.63) is 22.7 Å². The number of aliphatic hydroxyl groups is 1. The molecule has 1 aromatic carbocycles. The van der Waals surface area contributed by atoms with Crippen LogP contribution in [0.5, 0.6) is 0 Å². The Hall–Kier alpha value is -0.820. The first kappa shape index (κ1) is 15.6. The zero-order valence-corrected chi connectivity index (χ0v) is 12.8. The van der Waals surface area contributed by atoms with Crippen molar-refractivity contribution in [2.24, 2.45) is 0 Å². The smallest absolute Gasteiger partial charge is 0.241 e. The van der Waals surface area contributed by atoms with Gasteiger partial charge in [0.15, 0.2) is 0 Å². The summed E-state index contributed by atoms with van der Waals surface area (Å²) in [4.78, 5) is 0.0697. The van der Waals surface area contributed by atoms with E-state index in [0.717, 1.165) is 12.8 Å². The van der Waals surface area contributed by atoms with Gasteiger partial charge in [0.05, 0.1) is 11.0 Å². The lowest BCUT2D eigenvalue weighted by Crippen LogP contribution is -2.45. The Morgan fingerprint density at radius 1 is 1.35 bits per heavy atom. The fourth-order valence-electron chi connectivity index (χ4n) is 2.46. The Bertz CT molecular complexity index is 604. The van der Waals surface area contributed by atoms with Gasteiger partial charge in [-0.05, 0) is 37.5 Å². The summed E-state index contributed by atoms with van der Waals surface area (Å²) in [6, 6.07) is 2.45. The zero-order valence-electron chi connectivity index (χ0n) is 11.3. The lowest BCUT2D eigenvalue weighted by atomic mass is 9.93. The van der Waals surface area contributed by atoms with Crippen molar-refractivity contribution >= 4 is 27.3 Å². The number of nitrogens with two attached hydrogens (primary N) is 1. The van der Waals surface area contributed by atoms with Crippen LogP contribution >= 0.6 is 11.6 Å². The molecule has 1 aliphatic rings. The Labute approximate surface area is 124 Å². The number of anilines is 1.